The van der Waals surface area contributed by atoms with Gasteiger partial charge in [0.2, 0.25) is 11.9 Å². The van der Waals surface area contributed by atoms with Gasteiger partial charge in [-0.25, -0.2) is 23.1 Å². The number of halogens is 1. The van der Waals surface area contributed by atoms with Gasteiger partial charge < -0.3 is 5.32 Å². The number of carbonyl (C=O) groups excluding carboxylic acids is 1. The summed E-state index contributed by atoms with van der Waals surface area (Å²) >= 11 is 5.87. The van der Waals surface area contributed by atoms with Crippen molar-refractivity contribution in [2.24, 2.45) is 0 Å². The Morgan fingerprint density at radius 3 is 2.33 bits per heavy atom. The first kappa shape index (κ1) is 21.7. The molecule has 0 aliphatic carbocycles. The number of aryl methyl sites for hydroxylation is 2. The first-order valence-corrected chi connectivity index (χ1v) is 11.0. The monoisotopic (exact) mass is 448 g/mol. The molecule has 2 aromatic heterocycles. The van der Waals surface area contributed by atoms with Crippen LogP contribution < -0.4 is 10.0 Å². The van der Waals surface area contributed by atoms with Crippen molar-refractivity contribution in [3.63, 3.8) is 0 Å². The SMILES string of the molecule is CCC(C(=O)Nc1ccc(S(=O)(=O)Nc2nc(C)cc(C)n2)cc1)n1cc(Cl)cn1. The van der Waals surface area contributed by atoms with E-state index in [0.717, 1.165) is 0 Å². The van der Waals surface area contributed by atoms with Crippen molar-refractivity contribution in [1.29, 1.82) is 0 Å². The van der Waals surface area contributed by atoms with Crippen LogP contribution in [0.2, 0.25) is 5.02 Å². The molecule has 2 heterocycles. The summed E-state index contributed by atoms with van der Waals surface area (Å²) in [4.78, 5) is 20.8. The van der Waals surface area contributed by atoms with Crippen LogP contribution in [0.25, 0.3) is 0 Å². The number of sulfonamides is 1. The van der Waals surface area contributed by atoms with E-state index >= 15 is 0 Å². The Labute approximate surface area is 179 Å². The lowest BCUT2D eigenvalue weighted by Crippen LogP contribution is -2.26. The number of rotatable bonds is 7. The Morgan fingerprint density at radius 1 is 1.17 bits per heavy atom. The van der Waals surface area contributed by atoms with Crippen LogP contribution in [0.4, 0.5) is 11.6 Å². The first-order chi connectivity index (χ1) is 14.2. The van der Waals surface area contributed by atoms with Crippen molar-refractivity contribution in [1.82, 2.24) is 19.7 Å². The van der Waals surface area contributed by atoms with Gasteiger partial charge in [0.1, 0.15) is 6.04 Å². The maximum atomic E-state index is 12.6. The highest BCUT2D eigenvalue weighted by Gasteiger charge is 2.20. The average molecular weight is 449 g/mol. The largest absolute Gasteiger partial charge is 0.324 e. The molecule has 3 rings (SSSR count). The zero-order chi connectivity index (χ0) is 21.9. The van der Waals surface area contributed by atoms with Crippen molar-refractivity contribution in [2.75, 3.05) is 10.0 Å². The lowest BCUT2D eigenvalue weighted by Gasteiger charge is -2.15. The maximum Gasteiger partial charge on any atom is 0.264 e. The van der Waals surface area contributed by atoms with Crippen LogP contribution >= 0.6 is 11.6 Å². The lowest BCUT2D eigenvalue weighted by atomic mass is 10.2. The second-order valence-electron chi connectivity index (χ2n) is 6.66. The average Bonchev–Trinajstić information content (AvgIpc) is 3.07. The minimum absolute atomic E-state index is 0.00792. The first-order valence-electron chi connectivity index (χ1n) is 9.13. The van der Waals surface area contributed by atoms with E-state index in [1.54, 1.807) is 26.1 Å². The van der Waals surface area contributed by atoms with E-state index in [2.05, 4.69) is 25.1 Å². The molecular formula is C19H21ClN6O3S. The van der Waals surface area contributed by atoms with Gasteiger partial charge in [-0.1, -0.05) is 18.5 Å². The summed E-state index contributed by atoms with van der Waals surface area (Å²) in [7, 11) is -3.87. The number of nitrogens with one attached hydrogen (secondary N) is 2. The Hall–Kier alpha value is -2.98. The third kappa shape index (κ3) is 5.14. The molecule has 3 aromatic rings. The molecule has 0 aliphatic heterocycles. The molecule has 0 bridgehead atoms. The highest BCUT2D eigenvalue weighted by atomic mass is 35.5. The zero-order valence-corrected chi connectivity index (χ0v) is 18.2. The number of carbonyl (C=O) groups is 1. The highest BCUT2D eigenvalue weighted by molar-refractivity contribution is 7.92. The highest BCUT2D eigenvalue weighted by Crippen LogP contribution is 2.20. The Balaban J connectivity index is 1.72. The normalized spacial score (nSPS) is 12.4. The molecule has 1 amide bonds. The lowest BCUT2D eigenvalue weighted by molar-refractivity contribution is -0.119. The van der Waals surface area contributed by atoms with Crippen LogP contribution in [0.1, 0.15) is 30.8 Å². The number of benzene rings is 1. The molecular weight excluding hydrogens is 428 g/mol. The minimum Gasteiger partial charge on any atom is -0.324 e. The van der Waals surface area contributed by atoms with Crippen LogP contribution in [0, 0.1) is 13.8 Å². The fourth-order valence-electron chi connectivity index (χ4n) is 2.87. The molecule has 1 atom stereocenters. The van der Waals surface area contributed by atoms with Crippen LogP contribution in [0.15, 0.2) is 47.6 Å². The van der Waals surface area contributed by atoms with E-state index in [4.69, 9.17) is 11.6 Å². The molecule has 9 nitrogen and oxygen atoms in total. The van der Waals surface area contributed by atoms with E-state index in [1.807, 2.05) is 6.92 Å². The zero-order valence-electron chi connectivity index (χ0n) is 16.6. The molecule has 2 N–H and O–H groups in total. The topological polar surface area (TPSA) is 119 Å². The second kappa shape index (κ2) is 8.80. The molecule has 0 fully saturated rings. The Bertz CT molecular complexity index is 1140. The molecule has 11 heteroatoms. The van der Waals surface area contributed by atoms with Crippen molar-refractivity contribution in [2.45, 2.75) is 38.1 Å². The van der Waals surface area contributed by atoms with Gasteiger partial charge >= 0.3 is 0 Å². The molecule has 0 saturated carbocycles. The number of anilines is 2. The Morgan fingerprint density at radius 2 is 1.80 bits per heavy atom. The Kier molecular flexibility index (Phi) is 6.37. The van der Waals surface area contributed by atoms with Gasteiger partial charge in [-0.2, -0.15) is 5.10 Å². The van der Waals surface area contributed by atoms with Crippen LogP contribution in [0.3, 0.4) is 0 Å². The number of aromatic nitrogens is 4. The number of amides is 1. The van der Waals surface area contributed by atoms with Crippen LogP contribution in [-0.2, 0) is 14.8 Å². The molecule has 0 spiro atoms. The van der Waals surface area contributed by atoms with Gasteiger partial charge in [-0.15, -0.1) is 0 Å². The van der Waals surface area contributed by atoms with E-state index < -0.39 is 16.1 Å². The summed E-state index contributed by atoms with van der Waals surface area (Å²) in [5.41, 5.74) is 1.77. The van der Waals surface area contributed by atoms with Gasteiger partial charge in [0, 0.05) is 23.3 Å². The molecule has 30 heavy (non-hydrogen) atoms. The molecule has 0 aliphatic rings. The fourth-order valence-corrected chi connectivity index (χ4v) is 3.96. The maximum absolute atomic E-state index is 12.6. The van der Waals surface area contributed by atoms with Gasteiger partial charge in [-0.05, 0) is 50.6 Å². The predicted octanol–water partition coefficient (Wildman–Crippen LogP) is 3.33. The van der Waals surface area contributed by atoms with Crippen molar-refractivity contribution < 1.29 is 13.2 Å². The number of hydrogen-bond acceptors (Lipinski definition) is 6. The van der Waals surface area contributed by atoms with Gasteiger partial charge in [0.05, 0.1) is 16.1 Å². The van der Waals surface area contributed by atoms with E-state index in [1.165, 1.54) is 35.1 Å². The number of nitrogens with zero attached hydrogens (tertiary/aromatic N) is 4. The number of hydrogen-bond donors (Lipinski definition) is 2. The van der Waals surface area contributed by atoms with Crippen molar-refractivity contribution in [3.8, 4) is 0 Å². The molecule has 0 saturated heterocycles. The van der Waals surface area contributed by atoms with Crippen molar-refractivity contribution in [3.05, 3.63) is 59.1 Å². The molecule has 1 unspecified atom stereocenters. The quantitative estimate of drug-likeness (QED) is 0.572. The van der Waals surface area contributed by atoms with E-state index in [0.29, 0.717) is 28.5 Å². The fraction of sp³-hybridized carbons (Fsp3) is 0.263. The molecule has 0 radical (unpaired) electrons. The predicted molar refractivity (Wildman–Crippen MR) is 114 cm³/mol. The smallest absolute Gasteiger partial charge is 0.264 e. The summed E-state index contributed by atoms with van der Waals surface area (Å²) in [6.07, 6.45) is 3.55. The van der Waals surface area contributed by atoms with Gasteiger partial charge in [0.25, 0.3) is 10.0 Å². The van der Waals surface area contributed by atoms with E-state index in [9.17, 15) is 13.2 Å². The van der Waals surface area contributed by atoms with Crippen molar-refractivity contribution >= 4 is 39.2 Å². The summed E-state index contributed by atoms with van der Waals surface area (Å²) in [6.45, 7) is 5.37. The van der Waals surface area contributed by atoms with E-state index in [-0.39, 0.29) is 16.8 Å². The third-order valence-corrected chi connectivity index (χ3v) is 5.76. The summed E-state index contributed by atoms with van der Waals surface area (Å²) < 4.78 is 29.1. The summed E-state index contributed by atoms with van der Waals surface area (Å²) in [5, 5.41) is 7.27. The molecule has 158 valence electrons. The standard InChI is InChI=1S/C19H21ClN6O3S/c1-4-17(26-11-14(20)10-21-26)18(27)24-15-5-7-16(8-6-15)30(28,29)25-19-22-12(2)9-13(3)23-19/h5-11,17H,4H2,1-3H3,(H,24,27)(H,22,23,25). The van der Waals surface area contributed by atoms with Gasteiger partial charge in [-0.3, -0.25) is 9.48 Å². The third-order valence-electron chi connectivity index (χ3n) is 4.22. The summed E-state index contributed by atoms with van der Waals surface area (Å²) in [5.74, 6) is -0.275. The van der Waals surface area contributed by atoms with Crippen LogP contribution in [-0.4, -0.2) is 34.1 Å². The van der Waals surface area contributed by atoms with Crippen LogP contribution in [0.5, 0.6) is 0 Å². The minimum atomic E-state index is -3.87. The summed E-state index contributed by atoms with van der Waals surface area (Å²) in [6, 6.07) is 7.02. The molecule has 1 aromatic carbocycles. The second-order valence-corrected chi connectivity index (χ2v) is 8.77. The van der Waals surface area contributed by atoms with Gasteiger partial charge in [0.15, 0.2) is 0 Å².